The van der Waals surface area contributed by atoms with E-state index in [0.29, 0.717) is 11.5 Å². The van der Waals surface area contributed by atoms with Gasteiger partial charge in [0.25, 0.3) is 0 Å². The van der Waals surface area contributed by atoms with Gasteiger partial charge in [-0.15, -0.1) is 0 Å². The van der Waals surface area contributed by atoms with Gasteiger partial charge < -0.3 is 14.6 Å². The molecule has 0 saturated carbocycles. The van der Waals surface area contributed by atoms with E-state index >= 15 is 0 Å². The zero-order valence-corrected chi connectivity index (χ0v) is 9.16. The lowest BCUT2D eigenvalue weighted by molar-refractivity contribution is -0.141. The van der Waals surface area contributed by atoms with E-state index in [2.05, 4.69) is 5.10 Å². The Morgan fingerprint density at radius 2 is 1.94 bits per heavy atom. The van der Waals surface area contributed by atoms with Gasteiger partial charge in [-0.1, -0.05) is 0 Å². The smallest absolute Gasteiger partial charge is 0.324 e. The summed E-state index contributed by atoms with van der Waals surface area (Å²) < 4.78 is 5.17. The molecule has 7 nitrogen and oxygen atoms in total. The van der Waals surface area contributed by atoms with Gasteiger partial charge in [0.15, 0.2) is 0 Å². The van der Waals surface area contributed by atoms with Crippen molar-refractivity contribution in [2.45, 2.75) is 6.92 Å². The van der Waals surface area contributed by atoms with Gasteiger partial charge in [0.1, 0.15) is 24.6 Å². The zero-order valence-electron chi connectivity index (χ0n) is 9.16. The van der Waals surface area contributed by atoms with Crippen molar-refractivity contribution < 1.29 is 24.2 Å². The minimum atomic E-state index is -1.15. The van der Waals surface area contributed by atoms with Gasteiger partial charge in [0.05, 0.1) is 6.21 Å². The summed E-state index contributed by atoms with van der Waals surface area (Å²) in [5, 5.41) is 21.8. The summed E-state index contributed by atoms with van der Waals surface area (Å²) in [6.07, 6.45) is 1.28. The third-order valence-corrected chi connectivity index (χ3v) is 1.74. The summed E-state index contributed by atoms with van der Waals surface area (Å²) >= 11 is 0. The van der Waals surface area contributed by atoms with E-state index < -0.39 is 25.0 Å². The number of carboxylic acids is 2. The molecule has 0 unspecified atom stereocenters. The standard InChI is InChI=1S/C10H12N2O5/c1-7-2-3-8(17-7)4-11-12(5-9(13)14)6-10(15)16/h2-4H,5-6H2,1H3,(H,13,14)(H,15,16)/b11-4-. The maximum atomic E-state index is 10.5. The molecule has 0 saturated heterocycles. The second-order valence-electron chi connectivity index (χ2n) is 3.30. The van der Waals surface area contributed by atoms with Crippen LogP contribution in [-0.4, -0.2) is 46.5 Å². The average Bonchev–Trinajstić information content (AvgIpc) is 2.59. The van der Waals surface area contributed by atoms with Crippen LogP contribution in [0.1, 0.15) is 11.5 Å². The lowest BCUT2D eigenvalue weighted by Crippen LogP contribution is -2.30. The number of rotatable bonds is 6. The summed E-state index contributed by atoms with van der Waals surface area (Å²) in [6.45, 7) is 0.786. The number of nitrogens with zero attached hydrogens (tertiary/aromatic N) is 2. The van der Waals surface area contributed by atoms with Crippen molar-refractivity contribution >= 4 is 18.2 Å². The lowest BCUT2D eigenvalue weighted by Gasteiger charge is -2.12. The number of furan rings is 1. The first-order chi connectivity index (χ1) is 7.97. The first-order valence-electron chi connectivity index (χ1n) is 4.76. The van der Waals surface area contributed by atoms with Crippen molar-refractivity contribution in [3.63, 3.8) is 0 Å². The Labute approximate surface area is 97.0 Å². The van der Waals surface area contributed by atoms with Crippen molar-refractivity contribution in [1.29, 1.82) is 0 Å². The Kier molecular flexibility index (Phi) is 4.27. The molecule has 0 bridgehead atoms. The van der Waals surface area contributed by atoms with E-state index in [1.54, 1.807) is 19.1 Å². The molecule has 0 amide bonds. The Hall–Kier alpha value is -2.31. The predicted octanol–water partition coefficient (Wildman–Crippen LogP) is 0.393. The largest absolute Gasteiger partial charge is 0.480 e. The normalized spacial score (nSPS) is 10.6. The van der Waals surface area contributed by atoms with Crippen LogP contribution in [-0.2, 0) is 9.59 Å². The molecule has 2 N–H and O–H groups in total. The fourth-order valence-corrected chi connectivity index (χ4v) is 1.11. The number of aliphatic carboxylic acids is 2. The maximum absolute atomic E-state index is 10.5. The molecule has 0 aliphatic rings. The van der Waals surface area contributed by atoms with Crippen LogP contribution < -0.4 is 0 Å². The fraction of sp³-hybridized carbons (Fsp3) is 0.300. The summed E-state index contributed by atoms with van der Waals surface area (Å²) in [5.74, 6) is -1.18. The Balaban J connectivity index is 2.67. The van der Waals surface area contributed by atoms with E-state index in [0.717, 1.165) is 5.01 Å². The predicted molar refractivity (Wildman–Crippen MR) is 57.9 cm³/mol. The minimum absolute atomic E-state index is 0.434. The van der Waals surface area contributed by atoms with E-state index in [1.165, 1.54) is 6.21 Å². The van der Waals surface area contributed by atoms with Crippen molar-refractivity contribution in [1.82, 2.24) is 5.01 Å². The van der Waals surface area contributed by atoms with Gasteiger partial charge in [-0.25, -0.2) is 0 Å². The topological polar surface area (TPSA) is 103 Å². The van der Waals surface area contributed by atoms with Gasteiger partial charge in [-0.05, 0) is 19.1 Å². The van der Waals surface area contributed by atoms with Crippen LogP contribution in [0.3, 0.4) is 0 Å². The van der Waals surface area contributed by atoms with Crippen molar-refractivity contribution in [2.75, 3.05) is 13.1 Å². The maximum Gasteiger partial charge on any atom is 0.324 e. The van der Waals surface area contributed by atoms with Crippen molar-refractivity contribution in [3.05, 3.63) is 23.7 Å². The third-order valence-electron chi connectivity index (χ3n) is 1.74. The van der Waals surface area contributed by atoms with Crippen LogP contribution in [0.4, 0.5) is 0 Å². The molecule has 0 fully saturated rings. The third kappa shape index (κ3) is 4.83. The van der Waals surface area contributed by atoms with Gasteiger partial charge >= 0.3 is 11.9 Å². The highest BCUT2D eigenvalue weighted by molar-refractivity contribution is 5.77. The second kappa shape index (κ2) is 5.69. The number of hydrazone groups is 1. The molecule has 7 heteroatoms. The summed E-state index contributed by atoms with van der Waals surface area (Å²) in [4.78, 5) is 20.9. The van der Waals surface area contributed by atoms with E-state index in [1.807, 2.05) is 0 Å². The van der Waals surface area contributed by atoms with Crippen LogP contribution in [0.5, 0.6) is 0 Å². The van der Waals surface area contributed by atoms with Gasteiger partial charge in [-0.2, -0.15) is 5.10 Å². The lowest BCUT2D eigenvalue weighted by atomic mass is 10.4. The summed E-state index contributed by atoms with van der Waals surface area (Å²) in [6, 6.07) is 3.37. The molecule has 0 aliphatic carbocycles. The number of carboxylic acid groups (broad SMARTS) is 2. The molecule has 0 spiro atoms. The first-order valence-corrected chi connectivity index (χ1v) is 4.76. The van der Waals surface area contributed by atoms with Gasteiger partial charge in [0, 0.05) is 0 Å². The van der Waals surface area contributed by atoms with Gasteiger partial charge in [-0.3, -0.25) is 14.6 Å². The Morgan fingerprint density at radius 1 is 1.35 bits per heavy atom. The molecule has 0 radical (unpaired) electrons. The van der Waals surface area contributed by atoms with Gasteiger partial charge in [0.2, 0.25) is 0 Å². The first kappa shape index (κ1) is 12.8. The molecular formula is C10H12N2O5. The fourth-order valence-electron chi connectivity index (χ4n) is 1.11. The second-order valence-corrected chi connectivity index (χ2v) is 3.30. The number of hydrogen-bond donors (Lipinski definition) is 2. The van der Waals surface area contributed by atoms with E-state index in [9.17, 15) is 9.59 Å². The molecular weight excluding hydrogens is 228 g/mol. The SMILES string of the molecule is Cc1ccc(/C=N\N(CC(=O)O)CC(=O)O)o1. The molecule has 0 aromatic carbocycles. The Bertz CT molecular complexity index is 422. The monoisotopic (exact) mass is 240 g/mol. The quantitative estimate of drug-likeness (QED) is 0.550. The number of hydrogen-bond acceptors (Lipinski definition) is 5. The molecule has 92 valence electrons. The van der Waals surface area contributed by atoms with E-state index in [-0.39, 0.29) is 0 Å². The molecule has 1 heterocycles. The van der Waals surface area contributed by atoms with Crippen LogP contribution in [0.15, 0.2) is 21.7 Å². The number of carbonyl (C=O) groups is 2. The summed E-state index contributed by atoms with van der Waals surface area (Å²) in [5.41, 5.74) is 0. The highest BCUT2D eigenvalue weighted by atomic mass is 16.4. The average molecular weight is 240 g/mol. The molecule has 17 heavy (non-hydrogen) atoms. The van der Waals surface area contributed by atoms with Crippen LogP contribution in [0.25, 0.3) is 0 Å². The molecule has 0 aliphatic heterocycles. The van der Waals surface area contributed by atoms with Crippen LogP contribution in [0, 0.1) is 6.92 Å². The molecule has 1 rings (SSSR count). The van der Waals surface area contributed by atoms with Crippen LogP contribution >= 0.6 is 0 Å². The van der Waals surface area contributed by atoms with Crippen molar-refractivity contribution in [3.8, 4) is 0 Å². The van der Waals surface area contributed by atoms with E-state index in [4.69, 9.17) is 14.6 Å². The molecule has 1 aromatic rings. The molecule has 1 aromatic heterocycles. The highest BCUT2D eigenvalue weighted by Crippen LogP contribution is 2.03. The Morgan fingerprint density at radius 3 is 2.35 bits per heavy atom. The minimum Gasteiger partial charge on any atom is -0.480 e. The highest BCUT2D eigenvalue weighted by Gasteiger charge is 2.10. The molecule has 0 atom stereocenters. The zero-order chi connectivity index (χ0) is 12.8. The van der Waals surface area contributed by atoms with Crippen LogP contribution in [0.2, 0.25) is 0 Å². The summed E-state index contributed by atoms with van der Waals surface area (Å²) in [7, 11) is 0. The number of aryl methyl sites for hydroxylation is 1. The van der Waals surface area contributed by atoms with Crippen molar-refractivity contribution in [2.24, 2.45) is 5.10 Å².